The minimum absolute atomic E-state index is 0.266. The fourth-order valence-corrected chi connectivity index (χ4v) is 1.57. The van der Waals surface area contributed by atoms with E-state index in [0.29, 0.717) is 0 Å². The third kappa shape index (κ3) is 3.32. The Labute approximate surface area is 78.2 Å². The van der Waals surface area contributed by atoms with E-state index in [0.717, 1.165) is 31.8 Å². The summed E-state index contributed by atoms with van der Waals surface area (Å²) in [5, 5.41) is 17.6. The first kappa shape index (κ1) is 10.5. The minimum atomic E-state index is -1.23. The summed E-state index contributed by atoms with van der Waals surface area (Å²) in [7, 11) is 0. The molecular formula is C9H17NO3. The van der Waals surface area contributed by atoms with Gasteiger partial charge in [0.25, 0.3) is 0 Å². The second-order valence-corrected chi connectivity index (χ2v) is 3.84. The lowest BCUT2D eigenvalue weighted by Crippen LogP contribution is -2.41. The van der Waals surface area contributed by atoms with Crippen molar-refractivity contribution in [3.63, 3.8) is 0 Å². The maximum atomic E-state index is 10.4. The number of aliphatic hydroxyl groups is 1. The van der Waals surface area contributed by atoms with Crippen LogP contribution in [0.4, 0.5) is 0 Å². The molecular weight excluding hydrogens is 170 g/mol. The van der Waals surface area contributed by atoms with Gasteiger partial charge in [0.15, 0.2) is 6.10 Å². The van der Waals surface area contributed by atoms with Gasteiger partial charge in [-0.2, -0.15) is 0 Å². The topological polar surface area (TPSA) is 60.8 Å². The van der Waals surface area contributed by atoms with Gasteiger partial charge in [-0.1, -0.05) is 6.92 Å². The normalized spacial score (nSPS) is 22.9. The number of aliphatic carboxylic acids is 1. The van der Waals surface area contributed by atoms with E-state index in [1.807, 2.05) is 4.90 Å². The van der Waals surface area contributed by atoms with Crippen molar-refractivity contribution in [3.8, 4) is 0 Å². The van der Waals surface area contributed by atoms with Gasteiger partial charge in [-0.05, 0) is 31.8 Å². The van der Waals surface area contributed by atoms with Crippen LogP contribution < -0.4 is 0 Å². The average Bonchev–Trinajstić information content (AvgIpc) is 2.08. The van der Waals surface area contributed by atoms with Gasteiger partial charge >= 0.3 is 5.97 Å². The highest BCUT2D eigenvalue weighted by Gasteiger charge is 2.21. The number of rotatable bonds is 3. The van der Waals surface area contributed by atoms with Crippen LogP contribution in [0.25, 0.3) is 0 Å². The molecule has 1 saturated heterocycles. The smallest absolute Gasteiger partial charge is 0.333 e. The quantitative estimate of drug-likeness (QED) is 0.661. The van der Waals surface area contributed by atoms with Crippen LogP contribution in [0, 0.1) is 5.92 Å². The first-order chi connectivity index (χ1) is 6.09. The molecule has 1 aliphatic heterocycles. The van der Waals surface area contributed by atoms with Gasteiger partial charge in [0.2, 0.25) is 0 Å². The fourth-order valence-electron chi connectivity index (χ4n) is 1.57. The Bertz CT molecular complexity index is 176. The molecule has 1 aliphatic rings. The highest BCUT2D eigenvalue weighted by molar-refractivity contribution is 5.72. The van der Waals surface area contributed by atoms with Crippen molar-refractivity contribution in [1.29, 1.82) is 0 Å². The lowest BCUT2D eigenvalue weighted by Gasteiger charge is -2.30. The summed E-state index contributed by atoms with van der Waals surface area (Å²) in [6.07, 6.45) is 0.979. The molecule has 0 amide bonds. The van der Waals surface area contributed by atoms with Crippen LogP contribution in [0.2, 0.25) is 0 Å². The number of aliphatic hydroxyl groups excluding tert-OH is 1. The Kier molecular flexibility index (Phi) is 3.69. The van der Waals surface area contributed by atoms with E-state index in [1.165, 1.54) is 0 Å². The SMILES string of the molecule is CC1CCN(CC(O)C(=O)O)CC1. The molecule has 4 nitrogen and oxygen atoms in total. The molecule has 13 heavy (non-hydrogen) atoms. The highest BCUT2D eigenvalue weighted by Crippen LogP contribution is 2.15. The number of piperidine rings is 1. The van der Waals surface area contributed by atoms with Crippen LogP contribution >= 0.6 is 0 Å². The standard InChI is InChI=1S/C9H17NO3/c1-7-2-4-10(5-3-7)6-8(11)9(12)13/h7-8,11H,2-6H2,1H3,(H,12,13). The fraction of sp³-hybridized carbons (Fsp3) is 0.889. The van der Waals surface area contributed by atoms with Gasteiger partial charge in [0.05, 0.1) is 0 Å². The molecule has 0 aromatic heterocycles. The van der Waals surface area contributed by atoms with E-state index >= 15 is 0 Å². The first-order valence-electron chi connectivity index (χ1n) is 4.73. The van der Waals surface area contributed by atoms with E-state index in [2.05, 4.69) is 6.92 Å². The predicted molar refractivity (Wildman–Crippen MR) is 48.5 cm³/mol. The van der Waals surface area contributed by atoms with Crippen LogP contribution in [-0.4, -0.2) is 46.8 Å². The van der Waals surface area contributed by atoms with Gasteiger partial charge in [-0.15, -0.1) is 0 Å². The number of hydrogen-bond acceptors (Lipinski definition) is 3. The molecule has 0 spiro atoms. The lowest BCUT2D eigenvalue weighted by molar-refractivity contribution is -0.147. The molecule has 1 unspecified atom stereocenters. The van der Waals surface area contributed by atoms with Crippen molar-refractivity contribution in [1.82, 2.24) is 4.90 Å². The summed E-state index contributed by atoms with van der Waals surface area (Å²) >= 11 is 0. The van der Waals surface area contributed by atoms with E-state index in [9.17, 15) is 4.79 Å². The number of hydrogen-bond donors (Lipinski definition) is 2. The summed E-state index contributed by atoms with van der Waals surface area (Å²) in [5.74, 6) is -0.392. The van der Waals surface area contributed by atoms with Crippen molar-refractivity contribution < 1.29 is 15.0 Å². The molecule has 0 aromatic rings. The summed E-state index contributed by atoms with van der Waals surface area (Å²) in [6.45, 7) is 4.28. The molecule has 1 atom stereocenters. The highest BCUT2D eigenvalue weighted by atomic mass is 16.4. The average molecular weight is 187 g/mol. The second-order valence-electron chi connectivity index (χ2n) is 3.84. The van der Waals surface area contributed by atoms with Gasteiger partial charge < -0.3 is 15.1 Å². The number of carboxylic acids is 1. The van der Waals surface area contributed by atoms with Gasteiger partial charge in [0, 0.05) is 6.54 Å². The zero-order chi connectivity index (χ0) is 9.84. The van der Waals surface area contributed by atoms with Crippen molar-refractivity contribution in [2.24, 2.45) is 5.92 Å². The number of carboxylic acid groups (broad SMARTS) is 1. The Balaban J connectivity index is 2.26. The summed E-state index contributed by atoms with van der Waals surface area (Å²) in [5.41, 5.74) is 0. The molecule has 1 fully saturated rings. The maximum Gasteiger partial charge on any atom is 0.333 e. The third-order valence-electron chi connectivity index (χ3n) is 2.59. The number of carbonyl (C=O) groups is 1. The van der Waals surface area contributed by atoms with Crippen LogP contribution in [0.15, 0.2) is 0 Å². The molecule has 0 bridgehead atoms. The Morgan fingerprint density at radius 3 is 2.54 bits per heavy atom. The maximum absolute atomic E-state index is 10.4. The number of nitrogens with zero attached hydrogens (tertiary/aromatic N) is 1. The molecule has 0 saturated carbocycles. The summed E-state index contributed by atoms with van der Waals surface area (Å²) < 4.78 is 0. The van der Waals surface area contributed by atoms with Crippen molar-refractivity contribution in [2.45, 2.75) is 25.9 Å². The van der Waals surface area contributed by atoms with Crippen LogP contribution in [0.5, 0.6) is 0 Å². The Morgan fingerprint density at radius 2 is 2.08 bits per heavy atom. The molecule has 4 heteroatoms. The zero-order valence-corrected chi connectivity index (χ0v) is 7.94. The van der Waals surface area contributed by atoms with E-state index < -0.39 is 12.1 Å². The predicted octanol–water partition coefficient (Wildman–Crippen LogP) is 0.164. The van der Waals surface area contributed by atoms with Crippen molar-refractivity contribution in [2.75, 3.05) is 19.6 Å². The van der Waals surface area contributed by atoms with Crippen LogP contribution in [0.3, 0.4) is 0 Å². The molecule has 76 valence electrons. The molecule has 1 heterocycles. The minimum Gasteiger partial charge on any atom is -0.479 e. The number of likely N-dealkylation sites (tertiary alicyclic amines) is 1. The summed E-state index contributed by atoms with van der Waals surface area (Å²) in [4.78, 5) is 12.4. The molecule has 0 aromatic carbocycles. The molecule has 0 aliphatic carbocycles. The van der Waals surface area contributed by atoms with Gasteiger partial charge in [0.1, 0.15) is 0 Å². The van der Waals surface area contributed by atoms with Crippen molar-refractivity contribution in [3.05, 3.63) is 0 Å². The third-order valence-corrected chi connectivity index (χ3v) is 2.59. The molecule has 2 N–H and O–H groups in total. The van der Waals surface area contributed by atoms with Crippen molar-refractivity contribution >= 4 is 5.97 Å². The first-order valence-corrected chi connectivity index (χ1v) is 4.73. The zero-order valence-electron chi connectivity index (χ0n) is 7.94. The van der Waals surface area contributed by atoms with Crippen LogP contribution in [0.1, 0.15) is 19.8 Å². The second kappa shape index (κ2) is 4.58. The van der Waals surface area contributed by atoms with E-state index in [1.54, 1.807) is 0 Å². The summed E-state index contributed by atoms with van der Waals surface area (Å²) in [6, 6.07) is 0. The largest absolute Gasteiger partial charge is 0.479 e. The van der Waals surface area contributed by atoms with Crippen LogP contribution in [-0.2, 0) is 4.79 Å². The Hall–Kier alpha value is -0.610. The van der Waals surface area contributed by atoms with E-state index in [-0.39, 0.29) is 6.54 Å². The molecule has 1 rings (SSSR count). The van der Waals surface area contributed by atoms with Gasteiger partial charge in [-0.25, -0.2) is 4.79 Å². The molecule has 0 radical (unpaired) electrons. The van der Waals surface area contributed by atoms with E-state index in [4.69, 9.17) is 10.2 Å². The van der Waals surface area contributed by atoms with Gasteiger partial charge in [-0.3, -0.25) is 0 Å². The number of β-amino-alcohol motifs (C(OH)–C–C–N with tert-alkyl or cyclic N) is 1. The Morgan fingerprint density at radius 1 is 1.54 bits per heavy atom. The monoisotopic (exact) mass is 187 g/mol. The lowest BCUT2D eigenvalue weighted by atomic mass is 9.99.